The molecule has 3 atom stereocenters. The van der Waals surface area contributed by atoms with E-state index < -0.39 is 0 Å². The summed E-state index contributed by atoms with van der Waals surface area (Å²) in [5.74, 6) is 1.48. The van der Waals surface area contributed by atoms with Crippen molar-refractivity contribution in [2.75, 3.05) is 18.4 Å². The fourth-order valence-corrected chi connectivity index (χ4v) is 4.07. The first-order valence-corrected chi connectivity index (χ1v) is 9.34. The SMILES string of the molecule is C[C@H]1C[C@H](C)C[NH+]([C@@H](C)C(=O)Nc2ccccc2-c2ccccc2)C1. The van der Waals surface area contributed by atoms with Crippen molar-refractivity contribution in [2.24, 2.45) is 11.8 Å². The lowest BCUT2D eigenvalue weighted by Gasteiger charge is -2.35. The van der Waals surface area contributed by atoms with Gasteiger partial charge in [-0.25, -0.2) is 0 Å². The van der Waals surface area contributed by atoms with Gasteiger partial charge in [0.2, 0.25) is 0 Å². The molecule has 0 radical (unpaired) electrons. The molecule has 0 spiro atoms. The Balaban J connectivity index is 1.75. The molecule has 1 saturated heterocycles. The standard InChI is InChI=1S/C22H28N2O/c1-16-13-17(2)15-24(14-16)18(3)22(25)23-21-12-8-7-11-20(21)19-9-5-4-6-10-19/h4-12,16-18H,13-15H2,1-3H3,(H,23,25)/p+1/t16-,17-,18-/m0/s1. The molecule has 132 valence electrons. The van der Waals surface area contributed by atoms with Crippen LogP contribution in [-0.2, 0) is 4.79 Å². The van der Waals surface area contributed by atoms with E-state index in [0.29, 0.717) is 11.8 Å². The number of quaternary nitrogens is 1. The third-order valence-corrected chi connectivity index (χ3v) is 5.30. The van der Waals surface area contributed by atoms with Crippen molar-refractivity contribution in [3.63, 3.8) is 0 Å². The summed E-state index contributed by atoms with van der Waals surface area (Å²) in [6.45, 7) is 8.81. The number of carbonyl (C=O) groups excluding carboxylic acids is 1. The second kappa shape index (κ2) is 7.83. The monoisotopic (exact) mass is 337 g/mol. The summed E-state index contributed by atoms with van der Waals surface area (Å²) in [4.78, 5) is 14.3. The lowest BCUT2D eigenvalue weighted by Crippen LogP contribution is -3.18. The van der Waals surface area contributed by atoms with Gasteiger partial charge in [0.15, 0.2) is 6.04 Å². The first-order chi connectivity index (χ1) is 12.0. The molecule has 3 rings (SSSR count). The lowest BCUT2D eigenvalue weighted by atomic mass is 9.91. The molecule has 2 aromatic carbocycles. The molecule has 1 amide bonds. The Morgan fingerprint density at radius 1 is 1.00 bits per heavy atom. The van der Waals surface area contributed by atoms with Crippen LogP contribution in [0.25, 0.3) is 11.1 Å². The Hall–Kier alpha value is -2.13. The van der Waals surface area contributed by atoms with Gasteiger partial charge in [-0.15, -0.1) is 0 Å². The molecule has 3 heteroatoms. The highest BCUT2D eigenvalue weighted by molar-refractivity contribution is 5.97. The topological polar surface area (TPSA) is 33.5 Å². The summed E-state index contributed by atoms with van der Waals surface area (Å²) >= 11 is 0. The quantitative estimate of drug-likeness (QED) is 0.882. The minimum Gasteiger partial charge on any atom is -0.324 e. The minimum atomic E-state index is -0.0333. The van der Waals surface area contributed by atoms with Crippen molar-refractivity contribution in [2.45, 2.75) is 33.2 Å². The third kappa shape index (κ3) is 4.29. The van der Waals surface area contributed by atoms with E-state index >= 15 is 0 Å². The number of amides is 1. The maximum atomic E-state index is 12.9. The van der Waals surface area contributed by atoms with Crippen molar-refractivity contribution in [1.82, 2.24) is 0 Å². The van der Waals surface area contributed by atoms with Gasteiger partial charge in [-0.1, -0.05) is 62.4 Å². The van der Waals surface area contributed by atoms with Gasteiger partial charge in [-0.3, -0.25) is 4.79 Å². The zero-order chi connectivity index (χ0) is 17.8. The molecule has 25 heavy (non-hydrogen) atoms. The molecule has 0 aliphatic carbocycles. The van der Waals surface area contributed by atoms with Crippen LogP contribution in [0.5, 0.6) is 0 Å². The highest BCUT2D eigenvalue weighted by Crippen LogP contribution is 2.27. The zero-order valence-corrected chi connectivity index (χ0v) is 15.5. The minimum absolute atomic E-state index is 0.0333. The number of anilines is 1. The van der Waals surface area contributed by atoms with Crippen molar-refractivity contribution >= 4 is 11.6 Å². The van der Waals surface area contributed by atoms with E-state index in [1.54, 1.807) is 0 Å². The Labute approximate surface area is 151 Å². The molecule has 1 aliphatic heterocycles. The van der Waals surface area contributed by atoms with Gasteiger partial charge >= 0.3 is 0 Å². The summed E-state index contributed by atoms with van der Waals surface area (Å²) in [5.41, 5.74) is 3.08. The Morgan fingerprint density at radius 3 is 2.28 bits per heavy atom. The van der Waals surface area contributed by atoms with E-state index in [4.69, 9.17) is 0 Å². The van der Waals surface area contributed by atoms with Crippen LogP contribution in [0.3, 0.4) is 0 Å². The fraction of sp³-hybridized carbons (Fsp3) is 0.409. The fourth-order valence-electron chi connectivity index (χ4n) is 4.07. The van der Waals surface area contributed by atoms with Gasteiger partial charge in [0, 0.05) is 23.1 Å². The molecule has 0 saturated carbocycles. The largest absolute Gasteiger partial charge is 0.324 e. The van der Waals surface area contributed by atoms with Gasteiger partial charge < -0.3 is 10.2 Å². The van der Waals surface area contributed by atoms with Crippen LogP contribution in [0.2, 0.25) is 0 Å². The molecule has 2 aromatic rings. The molecule has 0 unspecified atom stereocenters. The number of hydrogen-bond acceptors (Lipinski definition) is 1. The second-order valence-electron chi connectivity index (χ2n) is 7.64. The number of carbonyl (C=O) groups is 1. The van der Waals surface area contributed by atoms with Crippen molar-refractivity contribution in [3.05, 3.63) is 54.6 Å². The average molecular weight is 337 g/mol. The second-order valence-corrected chi connectivity index (χ2v) is 7.64. The molecular weight excluding hydrogens is 308 g/mol. The number of nitrogens with one attached hydrogen (secondary N) is 2. The van der Waals surface area contributed by atoms with Crippen LogP contribution in [0.15, 0.2) is 54.6 Å². The summed E-state index contributed by atoms with van der Waals surface area (Å²) in [6, 6.07) is 18.2. The lowest BCUT2D eigenvalue weighted by molar-refractivity contribution is -0.925. The molecule has 0 bridgehead atoms. The Bertz CT molecular complexity index is 703. The Morgan fingerprint density at radius 2 is 1.60 bits per heavy atom. The van der Waals surface area contributed by atoms with Gasteiger partial charge in [-0.05, 0) is 25.0 Å². The van der Waals surface area contributed by atoms with Gasteiger partial charge in [0.25, 0.3) is 5.91 Å². The van der Waals surface area contributed by atoms with E-state index in [-0.39, 0.29) is 11.9 Å². The van der Waals surface area contributed by atoms with E-state index in [9.17, 15) is 4.79 Å². The van der Waals surface area contributed by atoms with E-state index in [2.05, 4.69) is 44.3 Å². The number of benzene rings is 2. The first-order valence-electron chi connectivity index (χ1n) is 9.34. The van der Waals surface area contributed by atoms with Gasteiger partial charge in [0.05, 0.1) is 13.1 Å². The smallest absolute Gasteiger partial charge is 0.282 e. The maximum Gasteiger partial charge on any atom is 0.282 e. The highest BCUT2D eigenvalue weighted by Gasteiger charge is 2.32. The van der Waals surface area contributed by atoms with E-state index in [0.717, 1.165) is 29.9 Å². The third-order valence-electron chi connectivity index (χ3n) is 5.30. The molecule has 1 aliphatic rings. The predicted octanol–water partition coefficient (Wildman–Crippen LogP) is 3.24. The molecule has 1 fully saturated rings. The normalized spacial score (nSPS) is 24.5. The summed E-state index contributed by atoms with van der Waals surface area (Å²) < 4.78 is 0. The number of piperidine rings is 1. The van der Waals surface area contributed by atoms with Crippen LogP contribution in [0.4, 0.5) is 5.69 Å². The Kier molecular flexibility index (Phi) is 5.54. The average Bonchev–Trinajstić information content (AvgIpc) is 2.61. The maximum absolute atomic E-state index is 12.9. The van der Waals surface area contributed by atoms with Crippen LogP contribution in [0.1, 0.15) is 27.2 Å². The molecule has 3 nitrogen and oxygen atoms in total. The first kappa shape index (κ1) is 17.7. The molecule has 0 aromatic heterocycles. The van der Waals surface area contributed by atoms with Crippen LogP contribution in [-0.4, -0.2) is 25.0 Å². The van der Waals surface area contributed by atoms with E-state index in [1.807, 2.05) is 36.4 Å². The van der Waals surface area contributed by atoms with Crippen molar-refractivity contribution in [1.29, 1.82) is 0 Å². The summed E-state index contributed by atoms with van der Waals surface area (Å²) in [7, 11) is 0. The number of rotatable bonds is 4. The number of hydrogen-bond donors (Lipinski definition) is 2. The van der Waals surface area contributed by atoms with Crippen LogP contribution >= 0.6 is 0 Å². The van der Waals surface area contributed by atoms with Gasteiger partial charge in [0.1, 0.15) is 0 Å². The summed E-state index contributed by atoms with van der Waals surface area (Å²) in [5, 5.41) is 3.18. The van der Waals surface area contributed by atoms with Crippen LogP contribution in [0, 0.1) is 11.8 Å². The molecule has 1 heterocycles. The molecular formula is C22H29N2O+. The van der Waals surface area contributed by atoms with E-state index in [1.165, 1.54) is 11.3 Å². The highest BCUT2D eigenvalue weighted by atomic mass is 16.2. The molecule has 2 N–H and O–H groups in total. The predicted molar refractivity (Wildman–Crippen MR) is 104 cm³/mol. The number of likely N-dealkylation sites (tertiary alicyclic amines) is 1. The van der Waals surface area contributed by atoms with Crippen LogP contribution < -0.4 is 10.2 Å². The zero-order valence-electron chi connectivity index (χ0n) is 15.5. The van der Waals surface area contributed by atoms with Crippen molar-refractivity contribution in [3.8, 4) is 11.1 Å². The number of para-hydroxylation sites is 1. The summed E-state index contributed by atoms with van der Waals surface area (Å²) in [6.07, 6.45) is 1.27. The van der Waals surface area contributed by atoms with Crippen molar-refractivity contribution < 1.29 is 9.69 Å². The van der Waals surface area contributed by atoms with Gasteiger partial charge in [-0.2, -0.15) is 0 Å².